The molecule has 5 heterocycles. The van der Waals surface area contributed by atoms with Crippen LogP contribution in [-0.4, -0.2) is 97.1 Å². The number of aliphatic hydroxyl groups is 1. The Balaban J connectivity index is 1.31. The maximum Gasteiger partial charge on any atom is 0.313 e. The first-order chi connectivity index (χ1) is 24.2. The minimum atomic E-state index is -1.46. The normalized spacial score (nSPS) is 30.7. The molecule has 3 amide bonds. The molecule has 4 aliphatic rings. The fraction of sp³-hybridized carbons (Fsp3) is 0.444. The monoisotopic (exact) mass is 746 g/mol. The molecule has 14 heteroatoms. The summed E-state index contributed by atoms with van der Waals surface area (Å²) in [5.41, 5.74) is 0.630. The number of cyclic esters (lactones) is 1. The number of amides is 3. The number of para-hydroxylation sites is 1. The van der Waals surface area contributed by atoms with Crippen molar-refractivity contribution in [3.8, 4) is 0 Å². The topological polar surface area (TPSA) is 156 Å². The number of nitrogens with one attached hydrogen (secondary N) is 1. The number of rotatable bonds is 7. The van der Waals surface area contributed by atoms with Gasteiger partial charge in [-0.1, -0.05) is 75.8 Å². The molecule has 2 fully saturated rings. The predicted octanol–water partition coefficient (Wildman–Crippen LogP) is 3.00. The number of aromatic nitrogens is 3. The van der Waals surface area contributed by atoms with Crippen molar-refractivity contribution in [1.29, 1.82) is 0 Å². The van der Waals surface area contributed by atoms with Crippen LogP contribution in [0, 0.1) is 11.8 Å². The van der Waals surface area contributed by atoms with Gasteiger partial charge in [0.1, 0.15) is 42.0 Å². The van der Waals surface area contributed by atoms with Crippen LogP contribution in [0.5, 0.6) is 0 Å². The van der Waals surface area contributed by atoms with Gasteiger partial charge in [-0.3, -0.25) is 19.2 Å². The number of unbranched alkanes of at least 4 members (excludes halogenated alkanes) is 1. The molecule has 3 aromatic rings. The molecule has 1 spiro atoms. The molecule has 2 saturated heterocycles. The largest absolute Gasteiger partial charge is 0.455 e. The Morgan fingerprint density at radius 3 is 2.58 bits per heavy atom. The Morgan fingerprint density at radius 1 is 1.00 bits per heavy atom. The number of benzene rings is 2. The van der Waals surface area contributed by atoms with E-state index in [0.717, 1.165) is 5.52 Å². The van der Waals surface area contributed by atoms with Crippen molar-refractivity contribution < 1.29 is 33.8 Å². The van der Waals surface area contributed by atoms with Crippen LogP contribution in [0.3, 0.4) is 0 Å². The second kappa shape index (κ2) is 14.1. The first-order valence-electron chi connectivity index (χ1n) is 17.0. The summed E-state index contributed by atoms with van der Waals surface area (Å²) in [4.78, 5) is 60.0. The number of carbonyl (C=O) groups is 4. The summed E-state index contributed by atoms with van der Waals surface area (Å²) in [6.45, 7) is 2.07. The van der Waals surface area contributed by atoms with Crippen molar-refractivity contribution in [1.82, 2.24) is 30.1 Å². The molecule has 13 nitrogen and oxygen atoms in total. The van der Waals surface area contributed by atoms with Gasteiger partial charge in [-0.05, 0) is 50.0 Å². The van der Waals surface area contributed by atoms with Crippen molar-refractivity contribution >= 4 is 50.7 Å². The average Bonchev–Trinajstić information content (AvgIpc) is 3.83. The minimum absolute atomic E-state index is 0.0240. The molecule has 0 radical (unpaired) electrons. The van der Waals surface area contributed by atoms with Crippen molar-refractivity contribution in [3.63, 3.8) is 0 Å². The first-order valence-corrected chi connectivity index (χ1v) is 17.8. The number of hydrogen-bond donors (Lipinski definition) is 2. The second-order valence-corrected chi connectivity index (χ2v) is 14.1. The Labute approximate surface area is 297 Å². The summed E-state index contributed by atoms with van der Waals surface area (Å²) in [5, 5.41) is 21.1. The number of ether oxygens (including phenoxy) is 2. The van der Waals surface area contributed by atoms with Gasteiger partial charge in [-0.15, -0.1) is 5.10 Å². The Morgan fingerprint density at radius 2 is 1.78 bits per heavy atom. The summed E-state index contributed by atoms with van der Waals surface area (Å²) in [7, 11) is 0. The van der Waals surface area contributed by atoms with Crippen LogP contribution in [0.25, 0.3) is 11.0 Å². The van der Waals surface area contributed by atoms with E-state index in [0.29, 0.717) is 34.8 Å². The third kappa shape index (κ3) is 6.02. The van der Waals surface area contributed by atoms with Crippen LogP contribution < -0.4 is 5.32 Å². The van der Waals surface area contributed by atoms with Gasteiger partial charge in [-0.25, -0.2) is 4.68 Å². The number of aliphatic hydroxyl groups excluding tert-OH is 1. The van der Waals surface area contributed by atoms with Crippen molar-refractivity contribution in [3.05, 3.63) is 82.9 Å². The zero-order valence-corrected chi connectivity index (χ0v) is 29.1. The molecule has 4 aliphatic heterocycles. The van der Waals surface area contributed by atoms with Gasteiger partial charge in [0, 0.05) is 30.6 Å². The quantitative estimate of drug-likeness (QED) is 0.211. The third-order valence-corrected chi connectivity index (χ3v) is 10.7. The number of nitrogens with zero attached hydrogens (tertiary/aromatic N) is 5. The standard InChI is InChI=1S/C36H39BrN6O7/c1-22-30(23-12-4-2-5-13-23)49-35(48)28-29-33(46)42(18-10-11-19-44)32(36(29)20-24(37)31(28)50-36)34(47)41(17-9-3-6-16-27(45)38-22)21-43-26-15-8-7-14-25(26)39-40-43/h2-5,7-9,12-15,20,22,28-32,44H,6,10-11,16-19,21H2,1H3,(H,38,45)/b9-3-/t22-,28+,29-,30+,31+,32+,36-/m0/s1. The van der Waals surface area contributed by atoms with Gasteiger partial charge in [0.15, 0.2) is 0 Å². The molecule has 7 rings (SSSR count). The van der Waals surface area contributed by atoms with Crippen LogP contribution in [0.4, 0.5) is 0 Å². The second-order valence-electron chi connectivity index (χ2n) is 13.2. The Kier molecular flexibility index (Phi) is 9.59. The van der Waals surface area contributed by atoms with Gasteiger partial charge in [0.2, 0.25) is 11.8 Å². The molecule has 5 bridgehead atoms. The zero-order valence-electron chi connectivity index (χ0n) is 27.6. The SMILES string of the molecule is C[C@@H]1NC(=O)CC/C=C\CN(Cn2nnc3ccccc32)C(=O)[C@H]2N(CCCCO)C(=O)[C@@H]3[C@@H](C(=O)O[C@H]1c1ccccc1)[C@@H]1O[C@@]32C=C1Br. The fourth-order valence-corrected chi connectivity index (χ4v) is 8.45. The smallest absolute Gasteiger partial charge is 0.313 e. The van der Waals surface area contributed by atoms with E-state index >= 15 is 0 Å². The average molecular weight is 748 g/mol. The maximum absolute atomic E-state index is 15.0. The van der Waals surface area contributed by atoms with Gasteiger partial charge in [0.05, 0.1) is 17.5 Å². The van der Waals surface area contributed by atoms with Gasteiger partial charge in [-0.2, -0.15) is 0 Å². The molecule has 262 valence electrons. The van der Waals surface area contributed by atoms with Crippen LogP contribution in [0.1, 0.15) is 44.3 Å². The minimum Gasteiger partial charge on any atom is -0.455 e. The van der Waals surface area contributed by atoms with E-state index in [9.17, 15) is 24.3 Å². The summed E-state index contributed by atoms with van der Waals surface area (Å²) < 4.78 is 15.0. The number of esters is 1. The summed E-state index contributed by atoms with van der Waals surface area (Å²) >= 11 is 3.60. The highest BCUT2D eigenvalue weighted by atomic mass is 79.9. The van der Waals surface area contributed by atoms with Gasteiger partial charge < -0.3 is 29.7 Å². The van der Waals surface area contributed by atoms with Crippen LogP contribution in [0.15, 0.2) is 77.3 Å². The van der Waals surface area contributed by atoms with Crippen LogP contribution >= 0.6 is 15.9 Å². The lowest BCUT2D eigenvalue weighted by molar-refractivity contribution is -0.161. The lowest BCUT2D eigenvalue weighted by atomic mass is 9.74. The van der Waals surface area contributed by atoms with Gasteiger partial charge >= 0.3 is 5.97 Å². The maximum atomic E-state index is 15.0. The zero-order chi connectivity index (χ0) is 35.0. The van der Waals surface area contributed by atoms with Gasteiger partial charge in [0.25, 0.3) is 5.91 Å². The van der Waals surface area contributed by atoms with Crippen molar-refractivity contribution in [2.45, 2.75) is 69.2 Å². The molecule has 0 saturated carbocycles. The van der Waals surface area contributed by atoms with E-state index in [4.69, 9.17) is 9.47 Å². The van der Waals surface area contributed by atoms with Crippen LogP contribution in [-0.2, 0) is 35.3 Å². The van der Waals surface area contributed by atoms with Crippen LogP contribution in [0.2, 0.25) is 0 Å². The number of fused-ring (bicyclic) bond motifs is 3. The van der Waals surface area contributed by atoms with E-state index in [-0.39, 0.29) is 44.6 Å². The number of hydrogen-bond acceptors (Lipinski definition) is 9. The summed E-state index contributed by atoms with van der Waals surface area (Å²) in [5.74, 6) is -3.74. The molecule has 50 heavy (non-hydrogen) atoms. The highest BCUT2D eigenvalue weighted by Crippen LogP contribution is 2.59. The number of likely N-dealkylation sites (tertiary alicyclic amines) is 1. The lowest BCUT2D eigenvalue weighted by Gasteiger charge is -2.35. The Hall–Kier alpha value is -4.40. The lowest BCUT2D eigenvalue weighted by Crippen LogP contribution is -2.56. The van der Waals surface area contributed by atoms with Crippen molar-refractivity contribution in [2.75, 3.05) is 19.7 Å². The molecule has 0 unspecified atom stereocenters. The molecular formula is C36H39BrN6O7. The highest BCUT2D eigenvalue weighted by molar-refractivity contribution is 9.11. The number of allylic oxidation sites excluding steroid dienone is 1. The molecule has 1 aromatic heterocycles. The van der Waals surface area contributed by atoms with E-state index in [2.05, 4.69) is 31.6 Å². The van der Waals surface area contributed by atoms with E-state index < -0.39 is 53.6 Å². The summed E-state index contributed by atoms with van der Waals surface area (Å²) in [6, 6.07) is 14.9. The van der Waals surface area contributed by atoms with E-state index in [1.807, 2.05) is 66.7 Å². The highest BCUT2D eigenvalue weighted by Gasteiger charge is 2.75. The molecular weight excluding hydrogens is 708 g/mol. The van der Waals surface area contributed by atoms with Crippen molar-refractivity contribution in [2.24, 2.45) is 11.8 Å². The third-order valence-electron chi connectivity index (χ3n) is 10.0. The van der Waals surface area contributed by atoms with E-state index in [1.54, 1.807) is 22.6 Å². The molecule has 2 aromatic carbocycles. The van der Waals surface area contributed by atoms with E-state index in [1.165, 1.54) is 4.90 Å². The summed E-state index contributed by atoms with van der Waals surface area (Å²) in [6.07, 6.45) is 5.22. The molecule has 7 atom stereocenters. The predicted molar refractivity (Wildman–Crippen MR) is 184 cm³/mol. The Bertz CT molecular complexity index is 1850. The fourth-order valence-electron chi connectivity index (χ4n) is 7.71. The first kappa shape index (κ1) is 34.1. The molecule has 0 aliphatic carbocycles. The number of halogens is 1. The number of carbonyl (C=O) groups excluding carboxylic acids is 4. The molecule has 2 N–H and O–H groups in total.